The van der Waals surface area contributed by atoms with Gasteiger partial charge in [0.15, 0.2) is 0 Å². The molecule has 1 aliphatic rings. The van der Waals surface area contributed by atoms with Crippen molar-refractivity contribution in [1.29, 1.82) is 0 Å². The molecule has 0 fully saturated rings. The van der Waals surface area contributed by atoms with Gasteiger partial charge in [-0.15, -0.1) is 0 Å². The molecule has 2 rings (SSSR count). The number of nitrogens with zero attached hydrogens (tertiary/aromatic N) is 1. The minimum atomic E-state index is 0.143. The smallest absolute Gasteiger partial charge is 0.223 e. The van der Waals surface area contributed by atoms with E-state index in [-0.39, 0.29) is 5.91 Å². The maximum Gasteiger partial charge on any atom is 0.223 e. The molecule has 3 nitrogen and oxygen atoms in total. The fourth-order valence-electron chi connectivity index (χ4n) is 2.40. The van der Waals surface area contributed by atoms with Crippen LogP contribution in [0.1, 0.15) is 32.3 Å². The van der Waals surface area contributed by atoms with Crippen LogP contribution in [0.15, 0.2) is 18.2 Å². The number of rotatable bonds is 2. The van der Waals surface area contributed by atoms with Crippen molar-refractivity contribution in [1.82, 2.24) is 0 Å². The third kappa shape index (κ3) is 2.60. The monoisotopic (exact) mass is 232 g/mol. The zero-order valence-corrected chi connectivity index (χ0v) is 10.6. The Morgan fingerprint density at radius 1 is 1.41 bits per heavy atom. The van der Waals surface area contributed by atoms with Crippen LogP contribution < -0.4 is 10.2 Å². The van der Waals surface area contributed by atoms with Crippen LogP contribution in [-0.4, -0.2) is 19.0 Å². The molecular formula is C14H20N2O. The van der Waals surface area contributed by atoms with E-state index in [9.17, 15) is 4.79 Å². The molecule has 1 heterocycles. The van der Waals surface area contributed by atoms with Gasteiger partial charge in [-0.25, -0.2) is 0 Å². The Morgan fingerprint density at radius 2 is 2.24 bits per heavy atom. The van der Waals surface area contributed by atoms with E-state index in [0.717, 1.165) is 43.7 Å². The summed E-state index contributed by atoms with van der Waals surface area (Å²) in [5.41, 5.74) is 3.53. The van der Waals surface area contributed by atoms with Crippen molar-refractivity contribution in [3.8, 4) is 0 Å². The van der Waals surface area contributed by atoms with Crippen LogP contribution in [0.25, 0.3) is 0 Å². The number of benzene rings is 1. The van der Waals surface area contributed by atoms with Crippen LogP contribution in [-0.2, 0) is 11.2 Å². The van der Waals surface area contributed by atoms with E-state index >= 15 is 0 Å². The second kappa shape index (κ2) is 5.21. The Kier molecular flexibility index (Phi) is 3.67. The highest BCUT2D eigenvalue weighted by atomic mass is 16.2. The average molecular weight is 232 g/mol. The number of anilines is 2. The fourth-order valence-corrected chi connectivity index (χ4v) is 2.40. The number of carbonyl (C=O) groups excluding carboxylic acids is 1. The molecule has 0 aromatic heterocycles. The van der Waals surface area contributed by atoms with Crippen LogP contribution in [0.3, 0.4) is 0 Å². The van der Waals surface area contributed by atoms with Gasteiger partial charge in [0.1, 0.15) is 0 Å². The first-order valence-electron chi connectivity index (χ1n) is 6.37. The highest BCUT2D eigenvalue weighted by Gasteiger charge is 2.18. The molecule has 0 aliphatic carbocycles. The van der Waals surface area contributed by atoms with Gasteiger partial charge in [0.05, 0.1) is 0 Å². The quantitative estimate of drug-likeness (QED) is 0.850. The van der Waals surface area contributed by atoms with Crippen molar-refractivity contribution < 1.29 is 4.79 Å². The van der Waals surface area contributed by atoms with Gasteiger partial charge in [0.2, 0.25) is 5.91 Å². The first kappa shape index (κ1) is 12.0. The number of hydrogen-bond donors (Lipinski definition) is 1. The molecule has 0 unspecified atom stereocenters. The minimum absolute atomic E-state index is 0.143. The molecule has 0 atom stereocenters. The maximum absolute atomic E-state index is 11.6. The lowest BCUT2D eigenvalue weighted by molar-refractivity contribution is -0.116. The Bertz CT molecular complexity index is 415. The molecule has 3 heteroatoms. The third-order valence-corrected chi connectivity index (χ3v) is 3.21. The van der Waals surface area contributed by atoms with E-state index in [4.69, 9.17) is 0 Å². The largest absolute Gasteiger partial charge is 0.385 e. The van der Waals surface area contributed by atoms with Gasteiger partial charge in [-0.05, 0) is 49.9 Å². The fraction of sp³-hybridized carbons (Fsp3) is 0.500. The summed E-state index contributed by atoms with van der Waals surface area (Å²) in [6, 6.07) is 6.31. The van der Waals surface area contributed by atoms with Crippen LogP contribution in [0.5, 0.6) is 0 Å². The molecule has 1 aromatic carbocycles. The highest BCUT2D eigenvalue weighted by Crippen LogP contribution is 2.29. The normalized spacial score (nSPS) is 15.1. The zero-order chi connectivity index (χ0) is 12.3. The SMILES string of the molecule is CCNc1ccc2c(c1)CCCCN2C(C)=O. The lowest BCUT2D eigenvalue weighted by Crippen LogP contribution is -2.29. The zero-order valence-electron chi connectivity index (χ0n) is 10.6. The molecule has 0 saturated heterocycles. The maximum atomic E-state index is 11.6. The standard InChI is InChI=1S/C14H20N2O/c1-3-15-13-7-8-14-12(10-13)6-4-5-9-16(14)11(2)17/h7-8,10,15H,3-6,9H2,1-2H3. The summed E-state index contributed by atoms with van der Waals surface area (Å²) in [4.78, 5) is 13.5. The number of amides is 1. The topological polar surface area (TPSA) is 32.3 Å². The van der Waals surface area contributed by atoms with Crippen molar-refractivity contribution in [2.45, 2.75) is 33.1 Å². The van der Waals surface area contributed by atoms with Gasteiger partial charge in [-0.1, -0.05) is 0 Å². The molecule has 92 valence electrons. The summed E-state index contributed by atoms with van der Waals surface area (Å²) in [6.07, 6.45) is 3.31. The van der Waals surface area contributed by atoms with Gasteiger partial charge >= 0.3 is 0 Å². The number of fused-ring (bicyclic) bond motifs is 1. The van der Waals surface area contributed by atoms with Crippen LogP contribution in [0.2, 0.25) is 0 Å². The van der Waals surface area contributed by atoms with E-state index in [1.165, 1.54) is 5.56 Å². The molecule has 0 spiro atoms. The first-order valence-corrected chi connectivity index (χ1v) is 6.37. The number of carbonyl (C=O) groups is 1. The molecule has 17 heavy (non-hydrogen) atoms. The number of nitrogens with one attached hydrogen (secondary N) is 1. The number of aryl methyl sites for hydroxylation is 1. The lowest BCUT2D eigenvalue weighted by atomic mass is 10.1. The summed E-state index contributed by atoms with van der Waals surface area (Å²) in [5, 5.41) is 3.32. The molecule has 1 aliphatic heterocycles. The third-order valence-electron chi connectivity index (χ3n) is 3.21. The Morgan fingerprint density at radius 3 is 2.94 bits per heavy atom. The summed E-state index contributed by atoms with van der Waals surface area (Å²) < 4.78 is 0. The Hall–Kier alpha value is -1.51. The van der Waals surface area contributed by atoms with Crippen LogP contribution in [0, 0.1) is 0 Å². The molecule has 0 radical (unpaired) electrons. The van der Waals surface area contributed by atoms with E-state index in [1.807, 2.05) is 4.90 Å². The predicted octanol–water partition coefficient (Wildman–Crippen LogP) is 2.81. The van der Waals surface area contributed by atoms with Gasteiger partial charge in [-0.3, -0.25) is 4.79 Å². The van der Waals surface area contributed by atoms with Crippen LogP contribution in [0.4, 0.5) is 11.4 Å². The first-order chi connectivity index (χ1) is 8.22. The Labute approximate surface area is 103 Å². The van der Waals surface area contributed by atoms with Gasteiger partial charge < -0.3 is 10.2 Å². The average Bonchev–Trinajstić information content (AvgIpc) is 2.51. The molecule has 0 bridgehead atoms. The highest BCUT2D eigenvalue weighted by molar-refractivity contribution is 5.92. The molecule has 1 amide bonds. The van der Waals surface area contributed by atoms with Crippen molar-refractivity contribution >= 4 is 17.3 Å². The van der Waals surface area contributed by atoms with Gasteiger partial charge in [-0.2, -0.15) is 0 Å². The van der Waals surface area contributed by atoms with E-state index in [1.54, 1.807) is 6.92 Å². The van der Waals surface area contributed by atoms with Gasteiger partial charge in [0, 0.05) is 31.4 Å². The van der Waals surface area contributed by atoms with Crippen LogP contribution >= 0.6 is 0 Å². The van der Waals surface area contributed by atoms with Crippen molar-refractivity contribution in [3.05, 3.63) is 23.8 Å². The molecule has 0 saturated carbocycles. The van der Waals surface area contributed by atoms with Crippen molar-refractivity contribution in [2.24, 2.45) is 0 Å². The molecular weight excluding hydrogens is 212 g/mol. The Balaban J connectivity index is 2.35. The van der Waals surface area contributed by atoms with E-state index in [2.05, 4.69) is 30.4 Å². The van der Waals surface area contributed by atoms with E-state index < -0.39 is 0 Å². The second-order valence-electron chi connectivity index (χ2n) is 4.50. The summed E-state index contributed by atoms with van der Waals surface area (Å²) >= 11 is 0. The second-order valence-corrected chi connectivity index (χ2v) is 4.50. The lowest BCUT2D eigenvalue weighted by Gasteiger charge is -2.21. The van der Waals surface area contributed by atoms with Crippen molar-refractivity contribution in [2.75, 3.05) is 23.3 Å². The summed E-state index contributed by atoms with van der Waals surface area (Å²) in [6.45, 7) is 5.51. The van der Waals surface area contributed by atoms with E-state index in [0.29, 0.717) is 0 Å². The molecule has 1 aromatic rings. The predicted molar refractivity (Wildman–Crippen MR) is 71.6 cm³/mol. The van der Waals surface area contributed by atoms with Gasteiger partial charge in [0.25, 0.3) is 0 Å². The number of hydrogen-bond acceptors (Lipinski definition) is 2. The summed E-state index contributed by atoms with van der Waals surface area (Å²) in [7, 11) is 0. The summed E-state index contributed by atoms with van der Waals surface area (Å²) in [5.74, 6) is 0.143. The van der Waals surface area contributed by atoms with Crippen molar-refractivity contribution in [3.63, 3.8) is 0 Å². The molecule has 1 N–H and O–H groups in total. The minimum Gasteiger partial charge on any atom is -0.385 e.